The summed E-state index contributed by atoms with van der Waals surface area (Å²) in [6.07, 6.45) is -2.13. The number of rotatable bonds is 1. The smallest absolute Gasteiger partial charge is 0.178 e. The Morgan fingerprint density at radius 2 is 2.00 bits per heavy atom. The summed E-state index contributed by atoms with van der Waals surface area (Å²) >= 11 is 10.6. The summed E-state index contributed by atoms with van der Waals surface area (Å²) in [6.45, 7) is 2.11. The molecule has 1 saturated heterocycles. The van der Waals surface area contributed by atoms with Crippen LogP contribution in [0.15, 0.2) is 30.3 Å². The number of halogens is 1. The van der Waals surface area contributed by atoms with Crippen LogP contribution < -0.4 is 0 Å². The zero-order valence-electron chi connectivity index (χ0n) is 8.67. The average molecular weight is 263 g/mol. The summed E-state index contributed by atoms with van der Waals surface area (Å²) in [5.74, 6) is 0. The van der Waals surface area contributed by atoms with Gasteiger partial charge >= 0.3 is 6.19 Å². The number of likely N-dealkylation sites (N-methyl/N-ethyl adjacent to an activating group) is 1. The molecule has 15 heavy (non-hydrogen) atoms. The first-order valence-electron chi connectivity index (χ1n) is 4.80. The van der Waals surface area contributed by atoms with Gasteiger partial charge in [-0.25, -0.2) is 0 Å². The van der Waals surface area contributed by atoms with Crippen molar-refractivity contribution in [3.05, 3.63) is 35.9 Å². The topological polar surface area (TPSA) is 12.5 Å². The van der Waals surface area contributed by atoms with Gasteiger partial charge in [0.15, 0.2) is 17.3 Å². The lowest BCUT2D eigenvalue weighted by atomic mass is 10.0. The molecule has 2 nitrogen and oxygen atoms in total. The fourth-order valence-electron chi connectivity index (χ4n) is 1.71. The van der Waals surface area contributed by atoms with Crippen LogP contribution in [0.25, 0.3) is 0 Å². The molecular weight excluding hydrogens is 249 g/mol. The van der Waals surface area contributed by atoms with Crippen LogP contribution in [0.4, 0.5) is 0 Å². The van der Waals surface area contributed by atoms with Gasteiger partial charge in [-0.2, -0.15) is 4.52 Å². The molecule has 1 heterocycles. The molecule has 1 aromatic carbocycles. The second-order valence-corrected chi connectivity index (χ2v) is 9.22. The maximum absolute atomic E-state index is 6.24. The van der Waals surface area contributed by atoms with E-state index in [-0.39, 0.29) is 12.1 Å². The van der Waals surface area contributed by atoms with E-state index in [0.29, 0.717) is 0 Å². The van der Waals surface area contributed by atoms with Crippen LogP contribution >= 0.6 is 29.7 Å². The summed E-state index contributed by atoms with van der Waals surface area (Å²) in [7, 11) is 1.96. The average Bonchev–Trinajstić information content (AvgIpc) is 2.44. The van der Waals surface area contributed by atoms with Gasteiger partial charge in [0.25, 0.3) is 0 Å². The van der Waals surface area contributed by atoms with Crippen LogP contribution in [-0.4, -0.2) is 17.8 Å². The van der Waals surface area contributed by atoms with Crippen molar-refractivity contribution in [1.29, 1.82) is 0 Å². The van der Waals surface area contributed by atoms with Crippen LogP contribution in [-0.2, 0) is 4.52 Å². The summed E-state index contributed by atoms with van der Waals surface area (Å²) < 4.78 is 7.85. The van der Waals surface area contributed by atoms with Crippen molar-refractivity contribution in [2.75, 3.05) is 7.05 Å². The first-order chi connectivity index (χ1) is 7.02. The molecule has 0 spiro atoms. The molecule has 1 aliphatic rings. The van der Waals surface area contributed by atoms with Crippen molar-refractivity contribution in [1.82, 2.24) is 4.67 Å². The molecule has 0 radical (unpaired) electrons. The Morgan fingerprint density at radius 1 is 1.40 bits per heavy atom. The molecule has 0 amide bonds. The molecule has 1 aromatic rings. The largest absolute Gasteiger partial charge is 0.373 e. The number of hydrogen-bond donors (Lipinski definition) is 1. The van der Waals surface area contributed by atoms with Gasteiger partial charge in [-0.15, -0.1) is 4.67 Å². The van der Waals surface area contributed by atoms with E-state index in [0.717, 1.165) is 5.56 Å². The number of nitrogens with zero attached hydrogens (tertiary/aromatic N) is 1. The molecule has 0 saturated carbocycles. The van der Waals surface area contributed by atoms with E-state index < -0.39 is 6.19 Å². The maximum Gasteiger partial charge on any atom is 0.373 e. The molecule has 1 unspecified atom stereocenters. The summed E-state index contributed by atoms with van der Waals surface area (Å²) in [6, 6.07) is 10.4. The van der Waals surface area contributed by atoms with Crippen molar-refractivity contribution in [3.8, 4) is 0 Å². The Morgan fingerprint density at radius 3 is 2.47 bits per heavy atom. The third-order valence-electron chi connectivity index (χ3n) is 2.79. The molecule has 0 N–H and O–H groups in total. The van der Waals surface area contributed by atoms with E-state index in [1.807, 2.05) is 29.9 Å². The van der Waals surface area contributed by atoms with Gasteiger partial charge in [-0.1, -0.05) is 30.3 Å². The third-order valence-corrected chi connectivity index (χ3v) is 6.51. The van der Waals surface area contributed by atoms with Gasteiger partial charge < -0.3 is 0 Å². The zero-order valence-corrected chi connectivity index (χ0v) is 11.2. The third kappa shape index (κ3) is 2.17. The Hall–Kier alpha value is 0.210. The molecule has 0 bridgehead atoms. The molecule has 82 valence electrons. The molecule has 1 aliphatic heterocycles. The Bertz CT molecular complexity index is 349. The first kappa shape index (κ1) is 11.7. The minimum atomic E-state index is -2.16. The lowest BCUT2D eigenvalue weighted by molar-refractivity contribution is 0.218. The van der Waals surface area contributed by atoms with Gasteiger partial charge in [0.2, 0.25) is 0 Å². The monoisotopic (exact) mass is 262 g/mol. The maximum atomic E-state index is 6.24. The van der Waals surface area contributed by atoms with E-state index in [4.69, 9.17) is 15.8 Å². The Kier molecular flexibility index (Phi) is 3.30. The van der Waals surface area contributed by atoms with E-state index in [1.54, 1.807) is 0 Å². The van der Waals surface area contributed by atoms with Crippen molar-refractivity contribution < 1.29 is 4.52 Å². The predicted octanol–water partition coefficient (Wildman–Crippen LogP) is 3.92. The van der Waals surface area contributed by atoms with Gasteiger partial charge in [-0.05, 0) is 12.5 Å². The predicted molar refractivity (Wildman–Crippen MR) is 69.3 cm³/mol. The van der Waals surface area contributed by atoms with Gasteiger partial charge in [0.1, 0.15) is 0 Å². The standard InChI is InChI=1S/C10H14ClNOPS/c1-8-10(9-6-4-3-5-7-9)13-14(11,15)12(8)2/h3-8,10,15H,1-2H3/q+1/t8-,10+,14?/m0/s1. The molecular formula is C10H14ClNOPS+. The molecule has 3 atom stereocenters. The SMILES string of the molecule is C[C@H]1[C@H](c2ccccc2)O[P+](S)(Cl)N1C. The Balaban J connectivity index is 2.27. The lowest BCUT2D eigenvalue weighted by Gasteiger charge is -2.13. The first-order valence-corrected chi connectivity index (χ1v) is 8.52. The van der Waals surface area contributed by atoms with E-state index in [1.165, 1.54) is 0 Å². The summed E-state index contributed by atoms with van der Waals surface area (Å²) in [4.78, 5) is 0. The minimum absolute atomic E-state index is 0.0273. The normalized spacial score (nSPS) is 37.1. The van der Waals surface area contributed by atoms with E-state index in [9.17, 15) is 0 Å². The highest BCUT2D eigenvalue weighted by molar-refractivity contribution is 8.59. The van der Waals surface area contributed by atoms with E-state index in [2.05, 4.69) is 31.3 Å². The summed E-state index contributed by atoms with van der Waals surface area (Å²) in [5.41, 5.74) is 1.16. The quantitative estimate of drug-likeness (QED) is 0.608. The van der Waals surface area contributed by atoms with E-state index >= 15 is 0 Å². The number of benzene rings is 1. The minimum Gasteiger partial charge on any atom is -0.178 e. The van der Waals surface area contributed by atoms with Crippen LogP contribution in [0.3, 0.4) is 0 Å². The zero-order chi connectivity index (χ0) is 11.1. The van der Waals surface area contributed by atoms with Crippen LogP contribution in [0.5, 0.6) is 0 Å². The van der Waals surface area contributed by atoms with Crippen molar-refractivity contribution in [3.63, 3.8) is 0 Å². The second kappa shape index (κ2) is 4.23. The Labute approximate surface area is 101 Å². The molecule has 5 heteroatoms. The molecule has 0 aromatic heterocycles. The number of thiol groups is 1. The van der Waals surface area contributed by atoms with Gasteiger partial charge in [0, 0.05) is 7.05 Å². The highest BCUT2D eigenvalue weighted by Gasteiger charge is 2.56. The van der Waals surface area contributed by atoms with Crippen LogP contribution in [0.1, 0.15) is 18.6 Å². The van der Waals surface area contributed by atoms with Crippen LogP contribution in [0, 0.1) is 0 Å². The fraction of sp³-hybridized carbons (Fsp3) is 0.400. The second-order valence-electron chi connectivity index (χ2n) is 3.72. The highest BCUT2D eigenvalue weighted by Crippen LogP contribution is 2.78. The fourth-order valence-corrected chi connectivity index (χ4v) is 4.48. The molecule has 2 rings (SSSR count). The van der Waals surface area contributed by atoms with Crippen LogP contribution in [0.2, 0.25) is 0 Å². The van der Waals surface area contributed by atoms with Crippen molar-refractivity contribution in [2.45, 2.75) is 19.1 Å². The number of hydrogen-bond acceptors (Lipinski definition) is 3. The van der Waals surface area contributed by atoms with Crippen molar-refractivity contribution in [2.24, 2.45) is 0 Å². The molecule has 1 fully saturated rings. The lowest BCUT2D eigenvalue weighted by Crippen LogP contribution is -2.22. The van der Waals surface area contributed by atoms with Gasteiger partial charge in [0.05, 0.1) is 18.3 Å². The van der Waals surface area contributed by atoms with Crippen molar-refractivity contribution >= 4 is 29.7 Å². The summed E-state index contributed by atoms with van der Waals surface area (Å²) in [5, 5.41) is 0. The highest BCUT2D eigenvalue weighted by atomic mass is 35.7. The molecule has 0 aliphatic carbocycles. The van der Waals surface area contributed by atoms with Gasteiger partial charge in [-0.3, -0.25) is 0 Å².